The Kier molecular flexibility index (Phi) is 3.01. The first-order valence-corrected chi connectivity index (χ1v) is 6.15. The van der Waals surface area contributed by atoms with Crippen molar-refractivity contribution in [3.8, 4) is 0 Å². The number of aromatic nitrogens is 2. The topological polar surface area (TPSA) is 43.8 Å². The molecule has 3 rings (SSSR count). The standard InChI is InChI=1S/C15H14FN3/c16-12-7-5-11(6-8-12)13(17)9-19-10-18-14-3-1-2-4-15(14)19/h1-8,10,13H,9,17H2. The summed E-state index contributed by atoms with van der Waals surface area (Å²) in [7, 11) is 0. The van der Waals surface area contributed by atoms with Crippen LogP contribution in [0.4, 0.5) is 4.39 Å². The van der Waals surface area contributed by atoms with Gasteiger partial charge >= 0.3 is 0 Å². The zero-order valence-electron chi connectivity index (χ0n) is 10.3. The van der Waals surface area contributed by atoms with Crippen molar-refractivity contribution in [1.29, 1.82) is 0 Å². The van der Waals surface area contributed by atoms with Crippen LogP contribution in [0.25, 0.3) is 11.0 Å². The number of rotatable bonds is 3. The summed E-state index contributed by atoms with van der Waals surface area (Å²) in [5.41, 5.74) is 9.08. The van der Waals surface area contributed by atoms with Crippen molar-refractivity contribution in [2.45, 2.75) is 12.6 Å². The summed E-state index contributed by atoms with van der Waals surface area (Å²) in [6, 6.07) is 14.0. The normalized spacial score (nSPS) is 12.7. The number of benzene rings is 2. The Morgan fingerprint density at radius 2 is 1.84 bits per heavy atom. The molecule has 4 heteroatoms. The lowest BCUT2D eigenvalue weighted by atomic mass is 10.1. The highest BCUT2D eigenvalue weighted by molar-refractivity contribution is 5.74. The zero-order chi connectivity index (χ0) is 13.2. The molecule has 0 saturated carbocycles. The van der Waals surface area contributed by atoms with E-state index in [1.807, 2.05) is 28.8 Å². The third-order valence-electron chi connectivity index (χ3n) is 3.22. The zero-order valence-corrected chi connectivity index (χ0v) is 10.3. The maximum Gasteiger partial charge on any atom is 0.123 e. The predicted molar refractivity (Wildman–Crippen MR) is 73.1 cm³/mol. The van der Waals surface area contributed by atoms with Gasteiger partial charge in [0.15, 0.2) is 0 Å². The van der Waals surface area contributed by atoms with E-state index in [-0.39, 0.29) is 11.9 Å². The summed E-state index contributed by atoms with van der Waals surface area (Å²) >= 11 is 0. The van der Waals surface area contributed by atoms with Crippen LogP contribution in [0.2, 0.25) is 0 Å². The van der Waals surface area contributed by atoms with E-state index in [2.05, 4.69) is 4.98 Å². The van der Waals surface area contributed by atoms with E-state index in [0.717, 1.165) is 16.6 Å². The second-order valence-corrected chi connectivity index (χ2v) is 4.54. The number of imidazole rings is 1. The molecule has 2 N–H and O–H groups in total. The average Bonchev–Trinajstić information content (AvgIpc) is 2.83. The summed E-state index contributed by atoms with van der Waals surface area (Å²) in [5.74, 6) is -0.246. The first-order valence-electron chi connectivity index (χ1n) is 6.15. The molecule has 2 aromatic carbocycles. The van der Waals surface area contributed by atoms with Crippen molar-refractivity contribution >= 4 is 11.0 Å². The van der Waals surface area contributed by atoms with E-state index in [1.54, 1.807) is 18.5 Å². The molecule has 0 radical (unpaired) electrons. The van der Waals surface area contributed by atoms with Gasteiger partial charge in [0.25, 0.3) is 0 Å². The van der Waals surface area contributed by atoms with Crippen LogP contribution in [0.5, 0.6) is 0 Å². The molecule has 96 valence electrons. The molecule has 1 aromatic heterocycles. The minimum atomic E-state index is -0.246. The van der Waals surface area contributed by atoms with Crippen LogP contribution < -0.4 is 5.73 Å². The van der Waals surface area contributed by atoms with Crippen LogP contribution in [0, 0.1) is 5.82 Å². The molecule has 3 nitrogen and oxygen atoms in total. The maximum atomic E-state index is 12.9. The summed E-state index contributed by atoms with van der Waals surface area (Å²) in [4.78, 5) is 4.33. The molecule has 0 aliphatic carbocycles. The molecule has 0 saturated heterocycles. The molecule has 3 aromatic rings. The Hall–Kier alpha value is -2.20. The molecular weight excluding hydrogens is 241 g/mol. The van der Waals surface area contributed by atoms with Gasteiger partial charge in [-0.15, -0.1) is 0 Å². The summed E-state index contributed by atoms with van der Waals surface area (Å²) in [5, 5.41) is 0. The van der Waals surface area contributed by atoms with Crippen LogP contribution in [-0.2, 0) is 6.54 Å². The number of nitrogens with two attached hydrogens (primary N) is 1. The number of fused-ring (bicyclic) bond motifs is 1. The third kappa shape index (κ3) is 2.35. The second kappa shape index (κ2) is 4.82. The van der Waals surface area contributed by atoms with Crippen LogP contribution >= 0.6 is 0 Å². The smallest absolute Gasteiger partial charge is 0.123 e. The van der Waals surface area contributed by atoms with Crippen molar-refractivity contribution in [1.82, 2.24) is 9.55 Å². The first-order chi connectivity index (χ1) is 9.24. The number of nitrogens with zero attached hydrogens (tertiary/aromatic N) is 2. The fourth-order valence-electron chi connectivity index (χ4n) is 2.18. The van der Waals surface area contributed by atoms with Crippen LogP contribution in [0.15, 0.2) is 54.9 Å². The summed E-state index contributed by atoms with van der Waals surface area (Å²) in [6.07, 6.45) is 1.79. The predicted octanol–water partition coefficient (Wildman–Crippen LogP) is 2.88. The highest BCUT2D eigenvalue weighted by Gasteiger charge is 2.09. The van der Waals surface area contributed by atoms with Gasteiger partial charge in [0.05, 0.1) is 17.4 Å². The fourth-order valence-corrected chi connectivity index (χ4v) is 2.18. The molecule has 1 atom stereocenters. The van der Waals surface area contributed by atoms with Gasteiger partial charge in [0, 0.05) is 12.6 Å². The van der Waals surface area contributed by atoms with E-state index in [0.29, 0.717) is 6.54 Å². The largest absolute Gasteiger partial charge is 0.329 e. The lowest BCUT2D eigenvalue weighted by Crippen LogP contribution is -2.17. The highest BCUT2D eigenvalue weighted by atomic mass is 19.1. The lowest BCUT2D eigenvalue weighted by Gasteiger charge is -2.13. The third-order valence-corrected chi connectivity index (χ3v) is 3.22. The van der Waals surface area contributed by atoms with Gasteiger partial charge in [-0.25, -0.2) is 9.37 Å². The van der Waals surface area contributed by atoms with E-state index in [9.17, 15) is 4.39 Å². The molecule has 0 aliphatic rings. The molecule has 0 amide bonds. The molecular formula is C15H14FN3. The summed E-state index contributed by atoms with van der Waals surface area (Å²) < 4.78 is 14.9. The average molecular weight is 255 g/mol. The second-order valence-electron chi connectivity index (χ2n) is 4.54. The minimum Gasteiger partial charge on any atom is -0.329 e. The van der Waals surface area contributed by atoms with Crippen LogP contribution in [0.1, 0.15) is 11.6 Å². The van der Waals surface area contributed by atoms with Gasteiger partial charge in [-0.1, -0.05) is 24.3 Å². The molecule has 0 spiro atoms. The maximum absolute atomic E-state index is 12.9. The lowest BCUT2D eigenvalue weighted by molar-refractivity contribution is 0.584. The highest BCUT2D eigenvalue weighted by Crippen LogP contribution is 2.17. The molecule has 19 heavy (non-hydrogen) atoms. The molecule has 1 unspecified atom stereocenters. The van der Waals surface area contributed by atoms with Gasteiger partial charge < -0.3 is 10.3 Å². The Morgan fingerprint density at radius 1 is 1.11 bits per heavy atom. The quantitative estimate of drug-likeness (QED) is 0.782. The van der Waals surface area contributed by atoms with Crippen LogP contribution in [0.3, 0.4) is 0 Å². The van der Waals surface area contributed by atoms with Crippen LogP contribution in [-0.4, -0.2) is 9.55 Å². The number of para-hydroxylation sites is 2. The molecule has 1 heterocycles. The Balaban J connectivity index is 1.86. The van der Waals surface area contributed by atoms with E-state index < -0.39 is 0 Å². The fraction of sp³-hybridized carbons (Fsp3) is 0.133. The summed E-state index contributed by atoms with van der Waals surface area (Å²) in [6.45, 7) is 0.617. The van der Waals surface area contributed by atoms with Gasteiger partial charge in [-0.3, -0.25) is 0 Å². The molecule has 0 aliphatic heterocycles. The van der Waals surface area contributed by atoms with Crippen molar-refractivity contribution in [3.05, 3.63) is 66.2 Å². The minimum absolute atomic E-state index is 0.182. The van der Waals surface area contributed by atoms with Crippen molar-refractivity contribution in [3.63, 3.8) is 0 Å². The number of hydrogen-bond acceptors (Lipinski definition) is 2. The van der Waals surface area contributed by atoms with E-state index in [4.69, 9.17) is 5.73 Å². The van der Waals surface area contributed by atoms with E-state index in [1.165, 1.54) is 12.1 Å². The van der Waals surface area contributed by atoms with Crippen molar-refractivity contribution < 1.29 is 4.39 Å². The Morgan fingerprint density at radius 3 is 2.63 bits per heavy atom. The first kappa shape index (κ1) is 11.9. The molecule has 0 bridgehead atoms. The Labute approximate surface area is 110 Å². The number of halogens is 1. The van der Waals surface area contributed by atoms with Crippen molar-refractivity contribution in [2.75, 3.05) is 0 Å². The van der Waals surface area contributed by atoms with Gasteiger partial charge in [0.1, 0.15) is 5.82 Å². The number of hydrogen-bond donors (Lipinski definition) is 1. The van der Waals surface area contributed by atoms with Crippen molar-refractivity contribution in [2.24, 2.45) is 5.73 Å². The molecule has 0 fully saturated rings. The van der Waals surface area contributed by atoms with Gasteiger partial charge in [-0.2, -0.15) is 0 Å². The Bertz CT molecular complexity index is 688. The monoisotopic (exact) mass is 255 g/mol. The van der Waals surface area contributed by atoms with Gasteiger partial charge in [-0.05, 0) is 29.8 Å². The van der Waals surface area contributed by atoms with E-state index >= 15 is 0 Å². The van der Waals surface area contributed by atoms with Gasteiger partial charge in [0.2, 0.25) is 0 Å². The SMILES string of the molecule is NC(Cn1cnc2ccccc21)c1ccc(F)cc1.